The third-order valence-electron chi connectivity index (χ3n) is 3.50. The van der Waals surface area contributed by atoms with Crippen LogP contribution in [-0.2, 0) is 14.3 Å². The second-order valence-electron chi connectivity index (χ2n) is 5.73. The van der Waals surface area contributed by atoms with Crippen molar-refractivity contribution in [2.24, 2.45) is 4.99 Å². The van der Waals surface area contributed by atoms with Gasteiger partial charge in [-0.3, -0.25) is 20.2 Å². The first kappa shape index (κ1) is 21.4. The van der Waals surface area contributed by atoms with Crippen LogP contribution in [0.5, 0.6) is 11.5 Å². The zero-order chi connectivity index (χ0) is 21.2. The maximum atomic E-state index is 11.8. The number of aliphatic imine (C=N–C) groups is 1. The van der Waals surface area contributed by atoms with E-state index in [0.717, 1.165) is 0 Å². The van der Waals surface area contributed by atoms with Gasteiger partial charge in [0.15, 0.2) is 11.5 Å². The van der Waals surface area contributed by atoms with E-state index < -0.39 is 6.09 Å². The summed E-state index contributed by atoms with van der Waals surface area (Å²) >= 11 is 0. The van der Waals surface area contributed by atoms with Gasteiger partial charge < -0.3 is 14.8 Å². The third-order valence-corrected chi connectivity index (χ3v) is 3.50. The number of rotatable bonds is 5. The Morgan fingerprint density at radius 3 is 2.28 bits per heavy atom. The van der Waals surface area contributed by atoms with Crippen LogP contribution < -0.4 is 20.7 Å². The Balaban J connectivity index is 2.38. The average molecular weight is 398 g/mol. The number of benzene rings is 2. The zero-order valence-electron chi connectivity index (χ0n) is 16.3. The largest absolute Gasteiger partial charge is 0.453 e. The minimum Gasteiger partial charge on any atom is -0.453 e. The Bertz CT molecular complexity index is 907. The van der Waals surface area contributed by atoms with Gasteiger partial charge in [-0.15, -0.1) is 0 Å². The van der Waals surface area contributed by atoms with Gasteiger partial charge >= 0.3 is 6.09 Å². The monoisotopic (exact) mass is 398 g/mol. The number of alkyl carbamates (subject to hydrolysis) is 1. The van der Waals surface area contributed by atoms with Gasteiger partial charge in [-0.2, -0.15) is 0 Å². The number of para-hydroxylation sites is 4. The van der Waals surface area contributed by atoms with E-state index in [1.807, 2.05) is 0 Å². The molecule has 0 aliphatic heterocycles. The predicted molar refractivity (Wildman–Crippen MR) is 108 cm³/mol. The number of nitrogens with one attached hydrogen (secondary N) is 3. The third kappa shape index (κ3) is 6.65. The van der Waals surface area contributed by atoms with Gasteiger partial charge in [0.25, 0.3) is 0 Å². The molecule has 3 N–H and O–H groups in total. The van der Waals surface area contributed by atoms with Crippen LogP contribution in [0, 0.1) is 0 Å². The van der Waals surface area contributed by atoms with Gasteiger partial charge in [0.05, 0.1) is 12.8 Å². The van der Waals surface area contributed by atoms with Crippen molar-refractivity contribution in [3.8, 4) is 11.5 Å². The Morgan fingerprint density at radius 2 is 1.62 bits per heavy atom. The molecule has 0 fully saturated rings. The minimum absolute atomic E-state index is 0.102. The zero-order valence-corrected chi connectivity index (χ0v) is 16.3. The molecule has 2 aromatic carbocycles. The molecule has 0 bridgehead atoms. The van der Waals surface area contributed by atoms with E-state index in [0.29, 0.717) is 22.9 Å². The minimum atomic E-state index is -0.783. The van der Waals surface area contributed by atoms with Crippen LogP contribution in [0.25, 0.3) is 0 Å². The molecule has 0 radical (unpaired) electrons. The molecule has 0 spiro atoms. The van der Waals surface area contributed by atoms with Gasteiger partial charge in [0.2, 0.25) is 17.8 Å². The molecule has 2 aromatic rings. The molecule has 9 heteroatoms. The van der Waals surface area contributed by atoms with Gasteiger partial charge in [-0.25, -0.2) is 9.79 Å². The summed E-state index contributed by atoms with van der Waals surface area (Å²) in [5, 5.41) is 7.54. The number of amides is 3. The highest BCUT2D eigenvalue weighted by molar-refractivity contribution is 6.04. The van der Waals surface area contributed by atoms with Crippen molar-refractivity contribution >= 4 is 35.2 Å². The summed E-state index contributed by atoms with van der Waals surface area (Å²) in [7, 11) is 1.20. The molecule has 0 saturated heterocycles. The second-order valence-corrected chi connectivity index (χ2v) is 5.73. The van der Waals surface area contributed by atoms with E-state index >= 15 is 0 Å². The van der Waals surface area contributed by atoms with Crippen molar-refractivity contribution < 1.29 is 23.9 Å². The quantitative estimate of drug-likeness (QED) is 0.527. The molecule has 152 valence electrons. The Kier molecular flexibility index (Phi) is 7.72. The number of anilines is 1. The standard InChI is InChI=1S/C20H22N4O5/c1-4-18(26)23-19(24-20(27)28-3)22-15-10-6-8-12-17(15)29-16-11-7-5-9-14(16)21-13(2)25/h5-12H,4H2,1-3H3,(H,21,25)(H2,22,23,24,26,27). The first-order valence-corrected chi connectivity index (χ1v) is 8.80. The first-order chi connectivity index (χ1) is 13.9. The fourth-order valence-electron chi connectivity index (χ4n) is 2.18. The van der Waals surface area contributed by atoms with Crippen molar-refractivity contribution in [2.45, 2.75) is 20.3 Å². The molecular weight excluding hydrogens is 376 g/mol. The normalized spacial score (nSPS) is 10.7. The lowest BCUT2D eigenvalue weighted by molar-refractivity contribution is -0.119. The SMILES string of the molecule is CCC(=O)NC(=Nc1ccccc1Oc1ccccc1NC(C)=O)NC(=O)OC. The predicted octanol–water partition coefficient (Wildman–Crippen LogP) is 3.31. The van der Waals surface area contributed by atoms with Crippen LogP contribution in [0.15, 0.2) is 53.5 Å². The van der Waals surface area contributed by atoms with Crippen LogP contribution in [0.4, 0.5) is 16.2 Å². The van der Waals surface area contributed by atoms with Gasteiger partial charge in [-0.1, -0.05) is 31.2 Å². The van der Waals surface area contributed by atoms with Crippen molar-refractivity contribution in [1.29, 1.82) is 0 Å². The summed E-state index contributed by atoms with van der Waals surface area (Å²) in [6.07, 6.45) is -0.584. The molecule has 0 unspecified atom stereocenters. The summed E-state index contributed by atoms with van der Waals surface area (Å²) in [4.78, 5) is 39.0. The van der Waals surface area contributed by atoms with E-state index in [1.54, 1.807) is 55.5 Å². The van der Waals surface area contributed by atoms with E-state index in [9.17, 15) is 14.4 Å². The first-order valence-electron chi connectivity index (χ1n) is 8.80. The summed E-state index contributed by atoms with van der Waals surface area (Å²) in [5.74, 6) is 0.0780. The van der Waals surface area contributed by atoms with Crippen molar-refractivity contribution in [1.82, 2.24) is 10.6 Å². The Labute approximate surface area is 168 Å². The van der Waals surface area contributed by atoms with E-state index in [-0.39, 0.29) is 24.2 Å². The molecule has 29 heavy (non-hydrogen) atoms. The average Bonchev–Trinajstić information content (AvgIpc) is 2.70. The van der Waals surface area contributed by atoms with Crippen molar-refractivity contribution in [3.63, 3.8) is 0 Å². The number of hydrogen-bond donors (Lipinski definition) is 3. The maximum Gasteiger partial charge on any atom is 0.413 e. The molecule has 0 aromatic heterocycles. The molecule has 0 atom stereocenters. The van der Waals surface area contributed by atoms with E-state index in [1.165, 1.54) is 14.0 Å². The van der Waals surface area contributed by atoms with Crippen LogP contribution in [-0.4, -0.2) is 31.0 Å². The summed E-state index contributed by atoms with van der Waals surface area (Å²) in [6.45, 7) is 3.07. The second kappa shape index (κ2) is 10.5. The topological polar surface area (TPSA) is 118 Å². The highest BCUT2D eigenvalue weighted by atomic mass is 16.5. The lowest BCUT2D eigenvalue weighted by atomic mass is 10.2. The highest BCUT2D eigenvalue weighted by Crippen LogP contribution is 2.35. The number of carbonyl (C=O) groups excluding carboxylic acids is 3. The smallest absolute Gasteiger partial charge is 0.413 e. The molecule has 0 heterocycles. The number of methoxy groups -OCH3 is 1. The lowest BCUT2D eigenvalue weighted by Gasteiger charge is -2.14. The van der Waals surface area contributed by atoms with Gasteiger partial charge in [-0.05, 0) is 24.3 Å². The molecule has 3 amide bonds. The maximum absolute atomic E-state index is 11.8. The fraction of sp³-hybridized carbons (Fsp3) is 0.200. The molecule has 0 aliphatic carbocycles. The summed E-state index contributed by atoms with van der Waals surface area (Å²) in [5.41, 5.74) is 0.832. The van der Waals surface area contributed by atoms with Crippen LogP contribution >= 0.6 is 0 Å². The highest BCUT2D eigenvalue weighted by Gasteiger charge is 2.13. The molecule has 9 nitrogen and oxygen atoms in total. The van der Waals surface area contributed by atoms with Crippen molar-refractivity contribution in [3.05, 3.63) is 48.5 Å². The number of ether oxygens (including phenoxy) is 2. The van der Waals surface area contributed by atoms with E-state index in [4.69, 9.17) is 4.74 Å². The van der Waals surface area contributed by atoms with Crippen molar-refractivity contribution in [2.75, 3.05) is 12.4 Å². The van der Waals surface area contributed by atoms with Gasteiger partial charge in [0.1, 0.15) is 5.69 Å². The number of nitrogens with zero attached hydrogens (tertiary/aromatic N) is 1. The fourth-order valence-corrected chi connectivity index (χ4v) is 2.18. The molecule has 2 rings (SSSR count). The number of hydrogen-bond acceptors (Lipinski definition) is 6. The molecular formula is C20H22N4O5. The van der Waals surface area contributed by atoms with Gasteiger partial charge in [0, 0.05) is 13.3 Å². The molecule has 0 aliphatic rings. The van der Waals surface area contributed by atoms with E-state index in [2.05, 4.69) is 25.7 Å². The Hall–Kier alpha value is -3.88. The number of guanidine groups is 1. The number of carbonyl (C=O) groups is 3. The van der Waals surface area contributed by atoms with Crippen LogP contribution in [0.3, 0.4) is 0 Å². The lowest BCUT2D eigenvalue weighted by Crippen LogP contribution is -2.43. The van der Waals surface area contributed by atoms with Crippen LogP contribution in [0.1, 0.15) is 20.3 Å². The Morgan fingerprint density at radius 1 is 0.966 bits per heavy atom. The van der Waals surface area contributed by atoms with Crippen LogP contribution in [0.2, 0.25) is 0 Å². The molecule has 0 saturated carbocycles. The summed E-state index contributed by atoms with van der Waals surface area (Å²) < 4.78 is 10.5. The summed E-state index contributed by atoms with van der Waals surface area (Å²) in [6, 6.07) is 13.7.